The molecule has 0 saturated heterocycles. The smallest absolute Gasteiger partial charge is 0.221 e. The fraction of sp³-hybridized carbons (Fsp3) is 0.500. The normalized spacial score (nSPS) is 12.5. The Hall–Kier alpha value is -0.670. The maximum atomic E-state index is 11.7. The Morgan fingerprint density at radius 2 is 1.89 bits per heavy atom. The molecule has 0 aliphatic carbocycles. The van der Waals surface area contributed by atoms with Gasteiger partial charge in [-0.15, -0.1) is 11.8 Å². The van der Waals surface area contributed by atoms with Crippen LogP contribution < -0.4 is 5.32 Å². The Kier molecular flexibility index (Phi) is 6.58. The van der Waals surface area contributed by atoms with E-state index in [9.17, 15) is 4.79 Å². The fourth-order valence-electron chi connectivity index (χ4n) is 1.29. The van der Waals surface area contributed by atoms with E-state index in [1.165, 1.54) is 0 Å². The largest absolute Gasteiger partial charge is 0.353 e. The second-order valence-electron chi connectivity index (χ2n) is 4.65. The molecular weight excluding hydrogens is 266 g/mol. The molecule has 0 heterocycles. The second-order valence-corrected chi connectivity index (χ2v) is 6.26. The lowest BCUT2D eigenvalue weighted by atomic mass is 10.1. The second kappa shape index (κ2) is 7.70. The van der Waals surface area contributed by atoms with Crippen LogP contribution in [0.2, 0.25) is 5.02 Å². The van der Waals surface area contributed by atoms with Crippen LogP contribution in [-0.4, -0.2) is 17.7 Å². The summed E-state index contributed by atoms with van der Waals surface area (Å²) in [5.74, 6) is 1.38. The summed E-state index contributed by atoms with van der Waals surface area (Å²) in [4.78, 5) is 12.8. The number of rotatable bonds is 6. The topological polar surface area (TPSA) is 29.1 Å². The molecule has 1 atom stereocenters. The van der Waals surface area contributed by atoms with Crippen molar-refractivity contribution in [3.63, 3.8) is 0 Å². The molecule has 4 heteroatoms. The predicted molar refractivity (Wildman–Crippen MR) is 79.2 cm³/mol. The molecule has 100 valence electrons. The molecule has 0 fully saturated rings. The monoisotopic (exact) mass is 285 g/mol. The van der Waals surface area contributed by atoms with Gasteiger partial charge < -0.3 is 5.32 Å². The van der Waals surface area contributed by atoms with Crippen molar-refractivity contribution in [2.75, 3.05) is 5.75 Å². The Bertz CT molecular complexity index is 378. The lowest BCUT2D eigenvalue weighted by Gasteiger charge is -2.17. The van der Waals surface area contributed by atoms with Crippen LogP contribution in [0.1, 0.15) is 27.2 Å². The molecule has 1 rings (SSSR count). The van der Waals surface area contributed by atoms with Crippen molar-refractivity contribution in [3.8, 4) is 0 Å². The zero-order chi connectivity index (χ0) is 13.5. The highest BCUT2D eigenvalue weighted by Gasteiger charge is 2.10. The maximum Gasteiger partial charge on any atom is 0.221 e. The minimum absolute atomic E-state index is 0.123. The molecule has 0 spiro atoms. The van der Waals surface area contributed by atoms with Gasteiger partial charge in [-0.2, -0.15) is 0 Å². The summed E-state index contributed by atoms with van der Waals surface area (Å²) < 4.78 is 0. The summed E-state index contributed by atoms with van der Waals surface area (Å²) in [5.41, 5.74) is 0. The van der Waals surface area contributed by atoms with Crippen molar-refractivity contribution < 1.29 is 4.79 Å². The molecule has 0 saturated carbocycles. The van der Waals surface area contributed by atoms with E-state index in [2.05, 4.69) is 19.2 Å². The van der Waals surface area contributed by atoms with Gasteiger partial charge in [-0.1, -0.05) is 25.4 Å². The van der Waals surface area contributed by atoms with E-state index in [0.717, 1.165) is 15.7 Å². The van der Waals surface area contributed by atoms with Crippen molar-refractivity contribution >= 4 is 29.3 Å². The van der Waals surface area contributed by atoms with Gasteiger partial charge >= 0.3 is 0 Å². The van der Waals surface area contributed by atoms with E-state index in [0.29, 0.717) is 12.3 Å². The third-order valence-corrected chi connectivity index (χ3v) is 4.07. The van der Waals surface area contributed by atoms with Crippen molar-refractivity contribution in [2.45, 2.75) is 38.1 Å². The van der Waals surface area contributed by atoms with Gasteiger partial charge in [0.2, 0.25) is 5.91 Å². The van der Waals surface area contributed by atoms with Crippen molar-refractivity contribution in [2.24, 2.45) is 5.92 Å². The fourth-order valence-corrected chi connectivity index (χ4v) is 2.26. The Morgan fingerprint density at radius 1 is 1.28 bits per heavy atom. The molecule has 0 aromatic heterocycles. The molecule has 1 aromatic carbocycles. The number of thioether (sulfide) groups is 1. The molecule has 0 radical (unpaired) electrons. The van der Waals surface area contributed by atoms with E-state index in [4.69, 9.17) is 11.6 Å². The first-order valence-corrected chi connectivity index (χ1v) is 7.53. The summed E-state index contributed by atoms with van der Waals surface area (Å²) in [6.45, 7) is 6.25. The number of halogens is 1. The van der Waals surface area contributed by atoms with E-state index >= 15 is 0 Å². The molecule has 18 heavy (non-hydrogen) atoms. The van der Waals surface area contributed by atoms with Gasteiger partial charge in [0.1, 0.15) is 0 Å². The van der Waals surface area contributed by atoms with Crippen LogP contribution in [-0.2, 0) is 4.79 Å². The van der Waals surface area contributed by atoms with Gasteiger partial charge in [-0.25, -0.2) is 0 Å². The SMILES string of the molecule is CC(C)C(C)NC(=O)CCSc1ccc(Cl)cc1. The average Bonchev–Trinajstić information content (AvgIpc) is 2.31. The van der Waals surface area contributed by atoms with Crippen molar-refractivity contribution in [3.05, 3.63) is 29.3 Å². The molecule has 1 unspecified atom stereocenters. The van der Waals surface area contributed by atoms with E-state index in [1.54, 1.807) is 11.8 Å². The lowest BCUT2D eigenvalue weighted by Crippen LogP contribution is -2.36. The van der Waals surface area contributed by atoms with Crippen LogP contribution in [0.25, 0.3) is 0 Å². The Morgan fingerprint density at radius 3 is 2.44 bits per heavy atom. The zero-order valence-corrected chi connectivity index (χ0v) is 12.6. The molecule has 0 aliphatic rings. The van der Waals surface area contributed by atoms with E-state index in [1.807, 2.05) is 31.2 Å². The van der Waals surface area contributed by atoms with Gasteiger partial charge in [0.05, 0.1) is 0 Å². The van der Waals surface area contributed by atoms with Gasteiger partial charge in [0, 0.05) is 28.1 Å². The van der Waals surface area contributed by atoms with E-state index in [-0.39, 0.29) is 11.9 Å². The first kappa shape index (κ1) is 15.4. The number of benzene rings is 1. The highest BCUT2D eigenvalue weighted by Crippen LogP contribution is 2.20. The molecule has 1 amide bonds. The lowest BCUT2D eigenvalue weighted by molar-refractivity contribution is -0.121. The summed E-state index contributed by atoms with van der Waals surface area (Å²) in [5, 5.41) is 3.74. The van der Waals surface area contributed by atoms with Gasteiger partial charge in [-0.05, 0) is 37.1 Å². The van der Waals surface area contributed by atoms with Gasteiger partial charge in [0.15, 0.2) is 0 Å². The molecule has 1 aromatic rings. The number of carbonyl (C=O) groups excluding carboxylic acids is 1. The minimum atomic E-state index is 0.123. The maximum absolute atomic E-state index is 11.7. The third-order valence-electron chi connectivity index (χ3n) is 2.80. The van der Waals surface area contributed by atoms with Crippen molar-refractivity contribution in [1.82, 2.24) is 5.32 Å². The highest BCUT2D eigenvalue weighted by molar-refractivity contribution is 7.99. The Balaban J connectivity index is 2.25. The number of amides is 1. The predicted octanol–water partition coefficient (Wildman–Crippen LogP) is 3.98. The first-order valence-electron chi connectivity index (χ1n) is 6.16. The molecule has 0 bridgehead atoms. The molecule has 1 N–H and O–H groups in total. The van der Waals surface area contributed by atoms with Crippen LogP contribution >= 0.6 is 23.4 Å². The van der Waals surface area contributed by atoms with Crippen LogP contribution in [0.5, 0.6) is 0 Å². The number of hydrogen-bond donors (Lipinski definition) is 1. The molecule has 0 aliphatic heterocycles. The van der Waals surface area contributed by atoms with Gasteiger partial charge in [0.25, 0.3) is 0 Å². The molecule has 2 nitrogen and oxygen atoms in total. The summed E-state index contributed by atoms with van der Waals surface area (Å²) in [6, 6.07) is 7.91. The highest BCUT2D eigenvalue weighted by atomic mass is 35.5. The minimum Gasteiger partial charge on any atom is -0.353 e. The van der Waals surface area contributed by atoms with Crippen LogP contribution in [0, 0.1) is 5.92 Å². The van der Waals surface area contributed by atoms with Crippen LogP contribution in [0.3, 0.4) is 0 Å². The number of carbonyl (C=O) groups is 1. The quantitative estimate of drug-likeness (QED) is 0.801. The first-order chi connectivity index (χ1) is 8.49. The number of hydrogen-bond acceptors (Lipinski definition) is 2. The van der Waals surface area contributed by atoms with Gasteiger partial charge in [-0.3, -0.25) is 4.79 Å². The third kappa shape index (κ3) is 5.78. The standard InChI is InChI=1S/C14H20ClNOS/c1-10(2)11(3)16-14(17)8-9-18-13-6-4-12(15)5-7-13/h4-7,10-11H,8-9H2,1-3H3,(H,16,17). The summed E-state index contributed by atoms with van der Waals surface area (Å²) >= 11 is 7.48. The van der Waals surface area contributed by atoms with Crippen molar-refractivity contribution in [1.29, 1.82) is 0 Å². The average molecular weight is 286 g/mol. The van der Waals surface area contributed by atoms with E-state index < -0.39 is 0 Å². The molecular formula is C14H20ClNOS. The Labute approximate surface area is 118 Å². The zero-order valence-electron chi connectivity index (χ0n) is 11.1. The van der Waals surface area contributed by atoms with Crippen LogP contribution in [0.4, 0.5) is 0 Å². The van der Waals surface area contributed by atoms with Crippen LogP contribution in [0.15, 0.2) is 29.2 Å². The summed E-state index contributed by atoms with van der Waals surface area (Å²) in [7, 11) is 0. The number of nitrogens with one attached hydrogen (secondary N) is 1. The summed E-state index contributed by atoms with van der Waals surface area (Å²) in [6.07, 6.45) is 0.546.